The van der Waals surface area contributed by atoms with Crippen LogP contribution in [0.15, 0.2) is 38.1 Å². The van der Waals surface area contributed by atoms with Crippen LogP contribution in [0.25, 0.3) is 0 Å². The highest BCUT2D eigenvalue weighted by atomic mass is 79.9. The Hall–Kier alpha value is -2.17. The summed E-state index contributed by atoms with van der Waals surface area (Å²) in [7, 11) is -0.839. The van der Waals surface area contributed by atoms with E-state index in [0.29, 0.717) is 21.6 Å². The standard InChI is InChI=1S/C19H21BrN2O6S/c1-11-15(19(24)27-3)8-13(28-11)10-22(2)18(23)16-9-14(6-7-17(16)20)29(25,26)21-12-4-5-12/h6-9,12,21H,4-5,10H2,1-3H3. The Morgan fingerprint density at radius 3 is 2.59 bits per heavy atom. The molecule has 156 valence electrons. The number of ether oxygens (including phenoxy) is 1. The summed E-state index contributed by atoms with van der Waals surface area (Å²) in [6.45, 7) is 1.73. The molecule has 0 bridgehead atoms. The molecule has 1 N–H and O–H groups in total. The largest absolute Gasteiger partial charge is 0.465 e. The van der Waals surface area contributed by atoms with Crippen LogP contribution in [0, 0.1) is 6.92 Å². The number of methoxy groups -OCH3 is 1. The smallest absolute Gasteiger partial charge is 0.341 e. The van der Waals surface area contributed by atoms with Crippen LogP contribution in [0.2, 0.25) is 0 Å². The number of nitrogens with one attached hydrogen (secondary N) is 1. The van der Waals surface area contributed by atoms with E-state index < -0.39 is 21.9 Å². The summed E-state index contributed by atoms with van der Waals surface area (Å²) >= 11 is 3.31. The summed E-state index contributed by atoms with van der Waals surface area (Å²) in [5.74, 6) is -0.105. The van der Waals surface area contributed by atoms with Gasteiger partial charge >= 0.3 is 5.97 Å². The molecular weight excluding hydrogens is 464 g/mol. The summed E-state index contributed by atoms with van der Waals surface area (Å²) in [5, 5.41) is 0. The van der Waals surface area contributed by atoms with Crippen LogP contribution in [0.4, 0.5) is 0 Å². The van der Waals surface area contributed by atoms with Crippen LogP contribution in [0.1, 0.15) is 45.1 Å². The number of carbonyl (C=O) groups excluding carboxylic acids is 2. The van der Waals surface area contributed by atoms with Gasteiger partial charge in [-0.1, -0.05) is 0 Å². The molecule has 0 spiro atoms. The maximum absolute atomic E-state index is 12.9. The van der Waals surface area contributed by atoms with Gasteiger partial charge in [-0.15, -0.1) is 0 Å². The Bertz CT molecular complexity index is 1060. The fraction of sp³-hybridized carbons (Fsp3) is 0.368. The van der Waals surface area contributed by atoms with Gasteiger partial charge in [0, 0.05) is 17.6 Å². The number of halogens is 1. The maximum Gasteiger partial charge on any atom is 0.341 e. The lowest BCUT2D eigenvalue weighted by Crippen LogP contribution is -2.28. The lowest BCUT2D eigenvalue weighted by atomic mass is 10.2. The van der Waals surface area contributed by atoms with Gasteiger partial charge in [0.15, 0.2) is 0 Å². The second kappa shape index (κ2) is 8.29. The molecule has 8 nitrogen and oxygen atoms in total. The SMILES string of the molecule is COC(=O)c1cc(CN(C)C(=O)c2cc(S(=O)(=O)NC3CC3)ccc2Br)oc1C. The first-order valence-corrected chi connectivity index (χ1v) is 11.1. The van der Waals surface area contributed by atoms with Crippen molar-refractivity contribution in [1.29, 1.82) is 0 Å². The van der Waals surface area contributed by atoms with Crippen molar-refractivity contribution in [2.24, 2.45) is 0 Å². The minimum absolute atomic E-state index is 0.0309. The molecule has 1 aromatic heterocycles. The highest BCUT2D eigenvalue weighted by Gasteiger charge is 2.29. The van der Waals surface area contributed by atoms with E-state index in [2.05, 4.69) is 20.7 Å². The number of esters is 1. The highest BCUT2D eigenvalue weighted by molar-refractivity contribution is 9.10. The summed E-state index contributed by atoms with van der Waals surface area (Å²) in [6, 6.07) is 5.83. The molecule has 0 aliphatic heterocycles. The summed E-state index contributed by atoms with van der Waals surface area (Å²) in [5.41, 5.74) is 0.506. The topological polar surface area (TPSA) is 106 Å². The van der Waals surface area contributed by atoms with Crippen LogP contribution < -0.4 is 4.72 Å². The van der Waals surface area contributed by atoms with Gasteiger partial charge in [-0.2, -0.15) is 0 Å². The van der Waals surface area contributed by atoms with Crippen molar-refractivity contribution < 1.29 is 27.2 Å². The van der Waals surface area contributed by atoms with E-state index in [1.54, 1.807) is 14.0 Å². The van der Waals surface area contributed by atoms with Gasteiger partial charge in [-0.3, -0.25) is 4.79 Å². The number of sulfonamides is 1. The maximum atomic E-state index is 12.9. The predicted molar refractivity (Wildman–Crippen MR) is 108 cm³/mol. The molecule has 1 saturated carbocycles. The fourth-order valence-electron chi connectivity index (χ4n) is 2.77. The first-order valence-electron chi connectivity index (χ1n) is 8.87. The van der Waals surface area contributed by atoms with Crippen molar-refractivity contribution in [3.63, 3.8) is 0 Å². The van der Waals surface area contributed by atoms with Crippen LogP contribution in [-0.4, -0.2) is 45.4 Å². The monoisotopic (exact) mass is 484 g/mol. The quantitative estimate of drug-likeness (QED) is 0.605. The molecule has 0 unspecified atom stereocenters. The first kappa shape index (κ1) is 21.5. The molecule has 10 heteroatoms. The molecule has 3 rings (SSSR count). The predicted octanol–water partition coefficient (Wildman–Crippen LogP) is 2.85. The van der Waals surface area contributed by atoms with Gasteiger partial charge in [0.25, 0.3) is 5.91 Å². The van der Waals surface area contributed by atoms with E-state index in [0.717, 1.165) is 12.8 Å². The summed E-state index contributed by atoms with van der Waals surface area (Å²) in [6.07, 6.45) is 1.64. The van der Waals surface area contributed by atoms with E-state index in [4.69, 9.17) is 9.15 Å². The van der Waals surface area contributed by atoms with E-state index in [1.165, 1.54) is 36.3 Å². The number of furan rings is 1. The molecular formula is C19H21BrN2O6S. The second-order valence-electron chi connectivity index (χ2n) is 6.87. The van der Waals surface area contributed by atoms with Crippen molar-refractivity contribution >= 4 is 37.8 Å². The van der Waals surface area contributed by atoms with Crippen LogP contribution in [0.5, 0.6) is 0 Å². The Labute approximate surface area is 177 Å². The molecule has 1 aliphatic rings. The highest BCUT2D eigenvalue weighted by Crippen LogP contribution is 2.26. The fourth-order valence-corrected chi connectivity index (χ4v) is 4.52. The Balaban J connectivity index is 1.80. The van der Waals surface area contributed by atoms with Crippen molar-refractivity contribution in [3.05, 3.63) is 51.4 Å². The van der Waals surface area contributed by atoms with Crippen molar-refractivity contribution in [3.8, 4) is 0 Å². The molecule has 1 aliphatic carbocycles. The zero-order chi connectivity index (χ0) is 21.3. The Kier molecular flexibility index (Phi) is 6.16. The van der Waals surface area contributed by atoms with Crippen molar-refractivity contribution in [2.45, 2.75) is 37.2 Å². The van der Waals surface area contributed by atoms with Crippen LogP contribution in [0.3, 0.4) is 0 Å². The van der Waals surface area contributed by atoms with Crippen LogP contribution in [-0.2, 0) is 21.3 Å². The van der Waals surface area contributed by atoms with Gasteiger partial charge in [-0.05, 0) is 60.0 Å². The minimum atomic E-state index is -3.68. The number of nitrogens with zero attached hydrogens (tertiary/aromatic N) is 1. The zero-order valence-electron chi connectivity index (χ0n) is 16.2. The molecule has 2 aromatic rings. The van der Waals surface area contributed by atoms with Gasteiger partial charge in [0.05, 0.1) is 24.1 Å². The van der Waals surface area contributed by atoms with Gasteiger partial charge in [0.1, 0.15) is 17.1 Å². The minimum Gasteiger partial charge on any atom is -0.465 e. The number of amides is 1. The molecule has 1 heterocycles. The molecule has 1 fully saturated rings. The average Bonchev–Trinajstić information content (AvgIpc) is 3.40. The lowest BCUT2D eigenvalue weighted by molar-refractivity contribution is 0.0598. The molecule has 0 atom stereocenters. The first-order chi connectivity index (χ1) is 13.6. The lowest BCUT2D eigenvalue weighted by Gasteiger charge is -2.17. The van der Waals surface area contributed by atoms with E-state index >= 15 is 0 Å². The zero-order valence-corrected chi connectivity index (χ0v) is 18.6. The third kappa shape index (κ3) is 4.88. The van der Waals surface area contributed by atoms with E-state index in [-0.39, 0.29) is 23.0 Å². The number of hydrogen-bond donors (Lipinski definition) is 1. The summed E-state index contributed by atoms with van der Waals surface area (Å²) in [4.78, 5) is 26.0. The third-order valence-corrected chi connectivity index (χ3v) is 6.70. The summed E-state index contributed by atoms with van der Waals surface area (Å²) < 4.78 is 38.2. The normalized spacial score (nSPS) is 13.9. The Morgan fingerprint density at radius 2 is 1.97 bits per heavy atom. The number of aryl methyl sites for hydroxylation is 1. The molecule has 1 aromatic carbocycles. The second-order valence-corrected chi connectivity index (χ2v) is 9.44. The van der Waals surface area contributed by atoms with Crippen molar-refractivity contribution in [1.82, 2.24) is 9.62 Å². The third-order valence-electron chi connectivity index (χ3n) is 4.49. The van der Waals surface area contributed by atoms with E-state index in [1.807, 2.05) is 0 Å². The number of benzene rings is 1. The van der Waals surface area contributed by atoms with Gasteiger partial charge in [-0.25, -0.2) is 17.9 Å². The number of hydrogen-bond acceptors (Lipinski definition) is 6. The number of rotatable bonds is 7. The number of carbonyl (C=O) groups is 2. The molecule has 0 radical (unpaired) electrons. The van der Waals surface area contributed by atoms with Crippen molar-refractivity contribution in [2.75, 3.05) is 14.2 Å². The average molecular weight is 485 g/mol. The van der Waals surface area contributed by atoms with Crippen LogP contribution >= 0.6 is 15.9 Å². The Morgan fingerprint density at radius 1 is 1.28 bits per heavy atom. The van der Waals surface area contributed by atoms with E-state index in [9.17, 15) is 18.0 Å². The van der Waals surface area contributed by atoms with Gasteiger partial charge in [0.2, 0.25) is 10.0 Å². The molecule has 1 amide bonds. The van der Waals surface area contributed by atoms with Gasteiger partial charge < -0.3 is 14.1 Å². The molecule has 0 saturated heterocycles. The molecule has 29 heavy (non-hydrogen) atoms.